The third-order valence-corrected chi connectivity index (χ3v) is 6.89. The quantitative estimate of drug-likeness (QED) is 0.234. The van der Waals surface area contributed by atoms with Gasteiger partial charge < -0.3 is 19.9 Å². The van der Waals surface area contributed by atoms with Crippen molar-refractivity contribution in [3.05, 3.63) is 74.5 Å². The molecule has 3 heterocycles. The highest BCUT2D eigenvalue weighted by Gasteiger charge is 2.32. The van der Waals surface area contributed by atoms with E-state index in [1.54, 1.807) is 25.4 Å². The summed E-state index contributed by atoms with van der Waals surface area (Å²) in [5, 5.41) is 12.0. The van der Waals surface area contributed by atoms with E-state index in [1.165, 1.54) is 9.30 Å². The number of thiocarbonyl (C=S) groups is 1. The maximum absolute atomic E-state index is 13.4. The van der Waals surface area contributed by atoms with E-state index in [2.05, 4.69) is 10.3 Å². The number of nitrogens with one attached hydrogen (secondary N) is 1. The first-order valence-electron chi connectivity index (χ1n) is 11.3. The van der Waals surface area contributed by atoms with Gasteiger partial charge in [0.15, 0.2) is 0 Å². The van der Waals surface area contributed by atoms with Gasteiger partial charge in [-0.15, -0.1) is 0 Å². The van der Waals surface area contributed by atoms with Crippen molar-refractivity contribution in [2.24, 2.45) is 0 Å². The van der Waals surface area contributed by atoms with Crippen LogP contribution < -0.4 is 15.6 Å². The van der Waals surface area contributed by atoms with Crippen molar-refractivity contribution in [2.45, 2.75) is 13.5 Å². The van der Waals surface area contributed by atoms with Gasteiger partial charge in [0, 0.05) is 12.7 Å². The second-order valence-corrected chi connectivity index (χ2v) is 9.62. The maximum atomic E-state index is 13.4. The van der Waals surface area contributed by atoms with Gasteiger partial charge in [-0.3, -0.25) is 18.9 Å². The van der Waals surface area contributed by atoms with Crippen molar-refractivity contribution in [1.29, 1.82) is 0 Å². The van der Waals surface area contributed by atoms with Crippen LogP contribution in [-0.2, 0) is 16.1 Å². The molecule has 9 nitrogen and oxygen atoms in total. The number of methoxy groups -OCH3 is 1. The molecule has 1 fully saturated rings. The lowest BCUT2D eigenvalue weighted by Gasteiger charge is -2.15. The summed E-state index contributed by atoms with van der Waals surface area (Å²) in [5.41, 5.74) is 2.21. The number of ether oxygens (including phenoxy) is 2. The molecule has 0 atom stereocenters. The molecule has 0 aliphatic carbocycles. The molecular formula is C25H26N4O5S2. The molecule has 2 N–H and O–H groups in total. The number of aromatic nitrogens is 2. The molecule has 0 unspecified atom stereocenters. The molecule has 1 aromatic carbocycles. The molecule has 36 heavy (non-hydrogen) atoms. The Kier molecular flexibility index (Phi) is 8.36. The molecule has 1 aliphatic heterocycles. The molecular weight excluding hydrogens is 500 g/mol. The summed E-state index contributed by atoms with van der Waals surface area (Å²) in [7, 11) is 1.60. The van der Waals surface area contributed by atoms with E-state index >= 15 is 0 Å². The van der Waals surface area contributed by atoms with Crippen molar-refractivity contribution in [2.75, 3.05) is 38.8 Å². The fourth-order valence-corrected chi connectivity index (χ4v) is 4.90. The summed E-state index contributed by atoms with van der Waals surface area (Å²) in [6.07, 6.45) is 3.20. The van der Waals surface area contributed by atoms with Crippen molar-refractivity contribution in [3.63, 3.8) is 0 Å². The van der Waals surface area contributed by atoms with Crippen LogP contribution in [0.3, 0.4) is 0 Å². The van der Waals surface area contributed by atoms with Crippen molar-refractivity contribution < 1.29 is 19.4 Å². The van der Waals surface area contributed by atoms with Crippen molar-refractivity contribution >= 4 is 51.7 Å². The van der Waals surface area contributed by atoms with Gasteiger partial charge in [0.25, 0.3) is 11.5 Å². The number of rotatable bonds is 10. The number of aliphatic hydroxyl groups is 1. The van der Waals surface area contributed by atoms with E-state index in [9.17, 15) is 9.59 Å². The van der Waals surface area contributed by atoms with Crippen LogP contribution in [0.15, 0.2) is 52.3 Å². The second kappa shape index (κ2) is 11.7. The molecule has 11 heteroatoms. The number of anilines is 1. The van der Waals surface area contributed by atoms with Crippen LogP contribution in [0.5, 0.6) is 5.75 Å². The predicted molar refractivity (Wildman–Crippen MR) is 144 cm³/mol. The molecule has 0 bridgehead atoms. The fraction of sp³-hybridized carbons (Fsp3) is 0.280. The number of benzene rings is 1. The van der Waals surface area contributed by atoms with E-state index < -0.39 is 0 Å². The topological polar surface area (TPSA) is 105 Å². The zero-order chi connectivity index (χ0) is 25.7. The third-order valence-electron chi connectivity index (χ3n) is 5.51. The average molecular weight is 527 g/mol. The molecule has 1 saturated heterocycles. The predicted octanol–water partition coefficient (Wildman–Crippen LogP) is 2.83. The summed E-state index contributed by atoms with van der Waals surface area (Å²) >= 11 is 6.63. The second-order valence-electron chi connectivity index (χ2n) is 7.94. The fourth-order valence-electron chi connectivity index (χ4n) is 3.67. The lowest BCUT2D eigenvalue weighted by atomic mass is 10.2. The monoisotopic (exact) mass is 526 g/mol. The van der Waals surface area contributed by atoms with Crippen LogP contribution in [-0.4, -0.2) is 63.1 Å². The van der Waals surface area contributed by atoms with Crippen LogP contribution in [0, 0.1) is 6.92 Å². The SMILES string of the molecule is COc1ccc(CN2C(=O)/C(=C\c3c(NCCOCCO)nc4c(C)cccn4c3=O)SC2=S)cc1. The Labute approximate surface area is 217 Å². The van der Waals surface area contributed by atoms with Crippen LogP contribution in [0.2, 0.25) is 0 Å². The molecule has 188 valence electrons. The first-order valence-corrected chi connectivity index (χ1v) is 12.5. The van der Waals surface area contributed by atoms with Crippen LogP contribution in [0.1, 0.15) is 16.7 Å². The average Bonchev–Trinajstić information content (AvgIpc) is 3.14. The first kappa shape index (κ1) is 25.8. The number of aryl methyl sites for hydroxylation is 1. The highest BCUT2D eigenvalue weighted by Crippen LogP contribution is 2.34. The van der Waals surface area contributed by atoms with Gasteiger partial charge in [-0.25, -0.2) is 4.98 Å². The molecule has 0 radical (unpaired) electrons. The van der Waals surface area contributed by atoms with Crippen LogP contribution in [0.4, 0.5) is 5.82 Å². The standard InChI is InChI=1S/C25H26N4O5S2/c1-16-4-3-10-28-22(16)27-21(26-9-12-34-13-11-30)19(23(28)31)14-20-24(32)29(25(35)36-20)15-17-5-7-18(33-2)8-6-17/h3-8,10,14,26,30H,9,11-13,15H2,1-2H3/b20-14+. The minimum Gasteiger partial charge on any atom is -0.497 e. The summed E-state index contributed by atoms with van der Waals surface area (Å²) in [4.78, 5) is 33.2. The number of hydrogen-bond donors (Lipinski definition) is 2. The third kappa shape index (κ3) is 5.59. The van der Waals surface area contributed by atoms with Gasteiger partial charge in [-0.05, 0) is 42.3 Å². The van der Waals surface area contributed by atoms with E-state index in [4.69, 9.17) is 26.8 Å². The molecule has 1 aliphatic rings. The zero-order valence-electron chi connectivity index (χ0n) is 19.9. The lowest BCUT2D eigenvalue weighted by Crippen LogP contribution is -2.27. The summed E-state index contributed by atoms with van der Waals surface area (Å²) in [5.74, 6) is 0.805. The Morgan fingerprint density at radius 1 is 1.19 bits per heavy atom. The van der Waals surface area contributed by atoms with Crippen molar-refractivity contribution in [1.82, 2.24) is 14.3 Å². The van der Waals surface area contributed by atoms with Crippen LogP contribution >= 0.6 is 24.0 Å². The number of aliphatic hydroxyl groups excluding tert-OH is 1. The Morgan fingerprint density at radius 3 is 2.69 bits per heavy atom. The van der Waals surface area contributed by atoms with Gasteiger partial charge in [0.1, 0.15) is 21.5 Å². The van der Waals surface area contributed by atoms with Gasteiger partial charge in [0.2, 0.25) is 0 Å². The highest BCUT2D eigenvalue weighted by molar-refractivity contribution is 8.26. The minimum absolute atomic E-state index is 0.0710. The Morgan fingerprint density at radius 2 is 1.97 bits per heavy atom. The van der Waals surface area contributed by atoms with Crippen LogP contribution in [0.25, 0.3) is 11.7 Å². The molecule has 2 aromatic heterocycles. The Bertz CT molecular complexity index is 1370. The molecule has 0 saturated carbocycles. The minimum atomic E-state index is -0.303. The largest absolute Gasteiger partial charge is 0.497 e. The number of nitrogens with zero attached hydrogens (tertiary/aromatic N) is 3. The van der Waals surface area contributed by atoms with Crippen molar-refractivity contribution in [3.8, 4) is 5.75 Å². The van der Waals surface area contributed by atoms with Gasteiger partial charge in [-0.2, -0.15) is 0 Å². The number of fused-ring (bicyclic) bond motifs is 1. The number of amides is 1. The number of thioether (sulfide) groups is 1. The van der Waals surface area contributed by atoms with Gasteiger partial charge in [0.05, 0.1) is 43.9 Å². The van der Waals surface area contributed by atoms with E-state index in [-0.39, 0.29) is 30.2 Å². The normalized spacial score (nSPS) is 14.8. The summed E-state index contributed by atoms with van der Waals surface area (Å²) in [6.45, 7) is 3.02. The summed E-state index contributed by atoms with van der Waals surface area (Å²) in [6, 6.07) is 11.1. The Balaban J connectivity index is 1.65. The number of carbonyl (C=O) groups is 1. The molecule has 0 spiro atoms. The summed E-state index contributed by atoms with van der Waals surface area (Å²) < 4.78 is 12.4. The zero-order valence-corrected chi connectivity index (χ0v) is 21.5. The maximum Gasteiger partial charge on any atom is 0.267 e. The lowest BCUT2D eigenvalue weighted by molar-refractivity contribution is -0.122. The van der Waals surface area contributed by atoms with Gasteiger partial charge >= 0.3 is 0 Å². The number of carbonyl (C=O) groups excluding carboxylic acids is 1. The molecule has 4 rings (SSSR count). The Hall–Kier alpha value is -3.25. The molecule has 3 aromatic rings. The number of hydrogen-bond acceptors (Lipinski definition) is 9. The van der Waals surface area contributed by atoms with E-state index in [0.29, 0.717) is 40.4 Å². The molecule has 1 amide bonds. The van der Waals surface area contributed by atoms with Gasteiger partial charge in [-0.1, -0.05) is 42.2 Å². The number of pyridine rings is 1. The van der Waals surface area contributed by atoms with E-state index in [1.807, 2.05) is 37.3 Å². The highest BCUT2D eigenvalue weighted by atomic mass is 32.2. The van der Waals surface area contributed by atoms with E-state index in [0.717, 1.165) is 28.6 Å². The first-order chi connectivity index (χ1) is 17.4. The smallest absolute Gasteiger partial charge is 0.267 e.